The van der Waals surface area contributed by atoms with Crippen LogP contribution in [0.4, 0.5) is 0 Å². The van der Waals surface area contributed by atoms with E-state index in [4.69, 9.17) is 23.2 Å². The number of likely N-dealkylation sites (tertiary alicyclic amines) is 1. The fourth-order valence-electron chi connectivity index (χ4n) is 5.93. The standard InChI is InChI=1S/C28H31Cl2NO/c1-3-15-28(2)17-24(21-5-4-6-23(30)16-21)26(20-11-13-22(29)14-12-20)31(27(28)32)25(18-7-8-18)19-9-10-19/h3-6,11-14,16,18-19,24-26H,1,7-10,15,17H2,2H3/t24-,26?,28-/m1/s1. The molecule has 2 nitrogen and oxygen atoms in total. The van der Waals surface area contributed by atoms with Crippen LogP contribution in [0.1, 0.15) is 68.5 Å². The molecule has 1 saturated heterocycles. The first-order valence-electron chi connectivity index (χ1n) is 11.9. The van der Waals surface area contributed by atoms with Crippen LogP contribution in [-0.4, -0.2) is 16.8 Å². The van der Waals surface area contributed by atoms with Crippen LogP contribution in [0.25, 0.3) is 0 Å². The Morgan fingerprint density at radius 1 is 1.03 bits per heavy atom. The molecule has 0 bridgehead atoms. The van der Waals surface area contributed by atoms with E-state index in [0.717, 1.165) is 16.5 Å². The van der Waals surface area contributed by atoms with E-state index >= 15 is 0 Å². The minimum atomic E-state index is -0.459. The van der Waals surface area contributed by atoms with E-state index in [1.165, 1.54) is 36.8 Å². The molecule has 1 heterocycles. The fraction of sp³-hybridized carbons (Fsp3) is 0.464. The quantitative estimate of drug-likeness (QED) is 0.379. The summed E-state index contributed by atoms with van der Waals surface area (Å²) >= 11 is 12.7. The molecule has 0 aromatic heterocycles. The van der Waals surface area contributed by atoms with E-state index in [9.17, 15) is 4.79 Å². The molecule has 2 aliphatic carbocycles. The monoisotopic (exact) mass is 467 g/mol. The summed E-state index contributed by atoms with van der Waals surface area (Å²) in [5.41, 5.74) is 1.91. The maximum absolute atomic E-state index is 14.3. The average molecular weight is 468 g/mol. The first-order chi connectivity index (χ1) is 15.4. The molecule has 1 amide bonds. The third kappa shape index (κ3) is 4.13. The SMILES string of the molecule is C=CC[C@]1(C)C[C@H](c2cccc(Cl)c2)C(c2ccc(Cl)cc2)N(C(C2CC2)C2CC2)C1=O. The summed E-state index contributed by atoms with van der Waals surface area (Å²) in [6, 6.07) is 16.7. The number of carbonyl (C=O) groups excluding carboxylic acids is 1. The van der Waals surface area contributed by atoms with E-state index in [-0.39, 0.29) is 12.0 Å². The van der Waals surface area contributed by atoms with Gasteiger partial charge in [-0.3, -0.25) is 4.79 Å². The Hall–Kier alpha value is -1.77. The van der Waals surface area contributed by atoms with Gasteiger partial charge in [-0.2, -0.15) is 0 Å². The second-order valence-corrected chi connectivity index (χ2v) is 11.2. The summed E-state index contributed by atoms with van der Waals surface area (Å²) in [5.74, 6) is 1.72. The molecule has 4 heteroatoms. The Labute approximate surface area is 201 Å². The van der Waals surface area contributed by atoms with Crippen molar-refractivity contribution >= 4 is 29.1 Å². The van der Waals surface area contributed by atoms with Crippen LogP contribution in [-0.2, 0) is 4.79 Å². The summed E-state index contributed by atoms with van der Waals surface area (Å²) in [7, 11) is 0. The maximum atomic E-state index is 14.3. The third-order valence-corrected chi connectivity index (χ3v) is 8.20. The second-order valence-electron chi connectivity index (χ2n) is 10.3. The summed E-state index contributed by atoms with van der Waals surface area (Å²) in [6.07, 6.45) is 8.32. The molecule has 5 rings (SSSR count). The van der Waals surface area contributed by atoms with E-state index in [1.54, 1.807) is 0 Å². The summed E-state index contributed by atoms with van der Waals surface area (Å²) in [6.45, 7) is 6.13. The molecule has 32 heavy (non-hydrogen) atoms. The zero-order valence-electron chi connectivity index (χ0n) is 18.6. The van der Waals surface area contributed by atoms with Crippen molar-refractivity contribution in [2.24, 2.45) is 17.3 Å². The van der Waals surface area contributed by atoms with Crippen LogP contribution >= 0.6 is 23.2 Å². The largest absolute Gasteiger partial charge is 0.331 e. The highest BCUT2D eigenvalue weighted by Gasteiger charge is 2.56. The van der Waals surface area contributed by atoms with Crippen LogP contribution in [0, 0.1) is 17.3 Å². The molecule has 0 N–H and O–H groups in total. The highest BCUT2D eigenvalue weighted by atomic mass is 35.5. The first-order valence-corrected chi connectivity index (χ1v) is 12.6. The van der Waals surface area contributed by atoms with Crippen LogP contribution in [0.15, 0.2) is 61.2 Å². The van der Waals surface area contributed by atoms with Crippen molar-refractivity contribution in [1.82, 2.24) is 4.90 Å². The Kier molecular flexibility index (Phi) is 5.88. The molecule has 3 fully saturated rings. The topological polar surface area (TPSA) is 20.3 Å². The van der Waals surface area contributed by atoms with Gasteiger partial charge < -0.3 is 4.90 Å². The van der Waals surface area contributed by atoms with Crippen molar-refractivity contribution in [2.75, 3.05) is 0 Å². The first kappa shape index (κ1) is 22.0. The highest BCUT2D eigenvalue weighted by Crippen LogP contribution is 2.57. The van der Waals surface area contributed by atoms with Crippen molar-refractivity contribution in [3.8, 4) is 0 Å². The Bertz CT molecular complexity index is 998. The van der Waals surface area contributed by atoms with Gasteiger partial charge in [0.2, 0.25) is 5.91 Å². The third-order valence-electron chi connectivity index (χ3n) is 7.72. The lowest BCUT2D eigenvalue weighted by atomic mass is 9.66. The molecular weight excluding hydrogens is 437 g/mol. The van der Waals surface area contributed by atoms with Gasteiger partial charge in [0.1, 0.15) is 0 Å². The number of carbonyl (C=O) groups is 1. The van der Waals surface area contributed by atoms with E-state index in [2.05, 4.69) is 42.7 Å². The van der Waals surface area contributed by atoms with E-state index in [0.29, 0.717) is 30.2 Å². The zero-order chi connectivity index (χ0) is 22.5. The van der Waals surface area contributed by atoms with E-state index < -0.39 is 5.41 Å². The maximum Gasteiger partial charge on any atom is 0.229 e. The minimum Gasteiger partial charge on any atom is -0.331 e. The Morgan fingerprint density at radius 2 is 1.69 bits per heavy atom. The number of hydrogen-bond acceptors (Lipinski definition) is 1. The van der Waals surface area contributed by atoms with Crippen molar-refractivity contribution in [2.45, 2.75) is 63.5 Å². The lowest BCUT2D eigenvalue weighted by Gasteiger charge is -2.52. The molecule has 0 radical (unpaired) electrons. The van der Waals surface area contributed by atoms with Gasteiger partial charge in [-0.05, 0) is 85.8 Å². The number of benzene rings is 2. The van der Waals surface area contributed by atoms with Gasteiger partial charge in [-0.1, -0.05) is 60.5 Å². The normalized spacial score (nSPS) is 28.2. The highest BCUT2D eigenvalue weighted by molar-refractivity contribution is 6.30. The number of nitrogens with zero attached hydrogens (tertiary/aromatic N) is 1. The lowest BCUT2D eigenvalue weighted by molar-refractivity contribution is -0.156. The predicted molar refractivity (Wildman–Crippen MR) is 132 cm³/mol. The minimum absolute atomic E-state index is 0.0117. The molecule has 2 aromatic rings. The summed E-state index contributed by atoms with van der Waals surface area (Å²) in [5, 5.41) is 1.46. The van der Waals surface area contributed by atoms with Gasteiger partial charge in [0.15, 0.2) is 0 Å². The lowest BCUT2D eigenvalue weighted by Crippen LogP contribution is -2.56. The second kappa shape index (κ2) is 8.54. The van der Waals surface area contributed by atoms with Gasteiger partial charge in [0.05, 0.1) is 11.5 Å². The van der Waals surface area contributed by atoms with Crippen LogP contribution < -0.4 is 0 Å². The summed E-state index contributed by atoms with van der Waals surface area (Å²) < 4.78 is 0. The smallest absolute Gasteiger partial charge is 0.229 e. The molecule has 1 aliphatic heterocycles. The molecule has 0 spiro atoms. The molecule has 1 unspecified atom stereocenters. The molecule has 168 valence electrons. The number of hydrogen-bond donors (Lipinski definition) is 0. The van der Waals surface area contributed by atoms with Crippen molar-refractivity contribution in [3.05, 3.63) is 82.4 Å². The van der Waals surface area contributed by atoms with Gasteiger partial charge in [0.25, 0.3) is 0 Å². The zero-order valence-corrected chi connectivity index (χ0v) is 20.2. The average Bonchev–Trinajstić information content (AvgIpc) is 3.68. The van der Waals surface area contributed by atoms with Gasteiger partial charge >= 0.3 is 0 Å². The van der Waals surface area contributed by atoms with E-state index in [1.807, 2.05) is 30.3 Å². The molecule has 2 saturated carbocycles. The molecule has 3 aliphatic rings. The fourth-order valence-corrected chi connectivity index (χ4v) is 6.26. The van der Waals surface area contributed by atoms with Crippen LogP contribution in [0.5, 0.6) is 0 Å². The van der Waals surface area contributed by atoms with Gasteiger partial charge in [0, 0.05) is 22.0 Å². The van der Waals surface area contributed by atoms with Crippen LogP contribution in [0.2, 0.25) is 10.0 Å². The molecular formula is C28H31Cl2NO. The van der Waals surface area contributed by atoms with Crippen LogP contribution in [0.3, 0.4) is 0 Å². The van der Waals surface area contributed by atoms with Gasteiger partial charge in [-0.15, -0.1) is 6.58 Å². The van der Waals surface area contributed by atoms with Crippen molar-refractivity contribution in [3.63, 3.8) is 0 Å². The predicted octanol–water partition coefficient (Wildman–Crippen LogP) is 7.82. The number of piperidine rings is 1. The Morgan fingerprint density at radius 3 is 2.25 bits per heavy atom. The number of rotatable bonds is 7. The number of allylic oxidation sites excluding steroid dienone is 1. The summed E-state index contributed by atoms with van der Waals surface area (Å²) in [4.78, 5) is 16.6. The number of halogens is 2. The van der Waals surface area contributed by atoms with Crippen molar-refractivity contribution in [1.29, 1.82) is 0 Å². The Balaban J connectivity index is 1.67. The van der Waals surface area contributed by atoms with Gasteiger partial charge in [-0.25, -0.2) is 0 Å². The molecule has 2 aromatic carbocycles. The molecule has 3 atom stereocenters. The van der Waals surface area contributed by atoms with Crippen molar-refractivity contribution < 1.29 is 4.79 Å². The number of amides is 1.